The summed E-state index contributed by atoms with van der Waals surface area (Å²) in [6, 6.07) is 2.75. The first-order chi connectivity index (χ1) is 12.8. The van der Waals surface area contributed by atoms with Crippen molar-refractivity contribution in [1.29, 1.82) is 0 Å². The average molecular weight is 354 g/mol. The standard InChI is InChI=1S/C19H26N6O/c1-24(12-17-20-19(26-23-17)13-6-4-7-13)15-10-25(11-15)18-9-14-5-2-3-8-16(14)21-22-18/h9,13,15H,2-8,10-12H2,1H3. The lowest BCUT2D eigenvalue weighted by molar-refractivity contribution is 0.190. The van der Waals surface area contributed by atoms with Crippen molar-refractivity contribution in [1.82, 2.24) is 25.2 Å². The lowest BCUT2D eigenvalue weighted by Gasteiger charge is -2.44. The number of rotatable bonds is 5. The number of anilines is 1. The van der Waals surface area contributed by atoms with Gasteiger partial charge >= 0.3 is 0 Å². The van der Waals surface area contributed by atoms with E-state index in [9.17, 15) is 0 Å². The SMILES string of the molecule is CN(Cc1noc(C2CCC2)n1)C1CN(c2cc3c(nn2)CCCC3)C1. The van der Waals surface area contributed by atoms with E-state index in [0.717, 1.165) is 50.0 Å². The predicted molar refractivity (Wildman–Crippen MR) is 97.0 cm³/mol. The van der Waals surface area contributed by atoms with Gasteiger partial charge in [0, 0.05) is 25.0 Å². The van der Waals surface area contributed by atoms with Gasteiger partial charge in [-0.05, 0) is 57.2 Å². The summed E-state index contributed by atoms with van der Waals surface area (Å²) >= 11 is 0. The van der Waals surface area contributed by atoms with Gasteiger partial charge in [0.25, 0.3) is 0 Å². The van der Waals surface area contributed by atoms with Gasteiger partial charge in [-0.15, -0.1) is 5.10 Å². The van der Waals surface area contributed by atoms with E-state index in [4.69, 9.17) is 4.52 Å². The van der Waals surface area contributed by atoms with Crippen LogP contribution in [0.15, 0.2) is 10.6 Å². The zero-order valence-electron chi connectivity index (χ0n) is 15.4. The molecule has 0 unspecified atom stereocenters. The van der Waals surface area contributed by atoms with Gasteiger partial charge in [0.2, 0.25) is 5.89 Å². The van der Waals surface area contributed by atoms with Crippen LogP contribution in [0.2, 0.25) is 0 Å². The lowest BCUT2D eigenvalue weighted by Crippen LogP contribution is -2.58. The van der Waals surface area contributed by atoms with Gasteiger partial charge in [0.05, 0.1) is 12.2 Å². The number of aromatic nitrogens is 4. The van der Waals surface area contributed by atoms with Crippen LogP contribution in [0.25, 0.3) is 0 Å². The molecule has 0 bridgehead atoms. The molecule has 2 aromatic rings. The Balaban J connectivity index is 1.16. The Labute approximate surface area is 153 Å². The Hall–Kier alpha value is -2.02. The molecule has 3 heterocycles. The van der Waals surface area contributed by atoms with E-state index in [-0.39, 0.29) is 0 Å². The summed E-state index contributed by atoms with van der Waals surface area (Å²) in [5.74, 6) is 3.17. The summed E-state index contributed by atoms with van der Waals surface area (Å²) in [4.78, 5) is 9.22. The van der Waals surface area contributed by atoms with E-state index < -0.39 is 0 Å². The molecule has 0 N–H and O–H groups in total. The third kappa shape index (κ3) is 2.98. The van der Waals surface area contributed by atoms with Crippen molar-refractivity contribution in [3.63, 3.8) is 0 Å². The Morgan fingerprint density at radius 1 is 1.15 bits per heavy atom. The number of hydrogen-bond acceptors (Lipinski definition) is 7. The molecule has 1 saturated heterocycles. The lowest BCUT2D eigenvalue weighted by atomic mass is 9.85. The van der Waals surface area contributed by atoms with Gasteiger partial charge in [0.1, 0.15) is 0 Å². The molecule has 2 aliphatic carbocycles. The van der Waals surface area contributed by atoms with E-state index in [1.54, 1.807) is 0 Å². The van der Waals surface area contributed by atoms with Gasteiger partial charge in [-0.25, -0.2) is 0 Å². The molecule has 5 rings (SSSR count). The maximum atomic E-state index is 5.43. The van der Waals surface area contributed by atoms with Crippen LogP contribution < -0.4 is 4.90 Å². The average Bonchev–Trinajstić information content (AvgIpc) is 2.99. The third-order valence-electron chi connectivity index (χ3n) is 6.20. The van der Waals surface area contributed by atoms with Crippen LogP contribution in [-0.2, 0) is 19.4 Å². The van der Waals surface area contributed by atoms with Crippen molar-refractivity contribution in [3.8, 4) is 0 Å². The Morgan fingerprint density at radius 2 is 2.00 bits per heavy atom. The van der Waals surface area contributed by atoms with Crippen LogP contribution in [0, 0.1) is 0 Å². The van der Waals surface area contributed by atoms with Crippen LogP contribution >= 0.6 is 0 Å². The first-order valence-corrected chi connectivity index (χ1v) is 9.89. The van der Waals surface area contributed by atoms with Crippen molar-refractivity contribution >= 4 is 5.82 Å². The molecule has 0 amide bonds. The summed E-state index contributed by atoms with van der Waals surface area (Å²) in [7, 11) is 2.14. The minimum atomic E-state index is 0.499. The summed E-state index contributed by atoms with van der Waals surface area (Å²) in [5.41, 5.74) is 2.60. The fraction of sp³-hybridized carbons (Fsp3) is 0.684. The number of aryl methyl sites for hydroxylation is 2. The zero-order chi connectivity index (χ0) is 17.5. The molecule has 1 saturated carbocycles. The van der Waals surface area contributed by atoms with Gasteiger partial charge in [-0.3, -0.25) is 4.90 Å². The Bertz CT molecular complexity index is 780. The topological polar surface area (TPSA) is 71.2 Å². The monoisotopic (exact) mass is 354 g/mol. The summed E-state index contributed by atoms with van der Waals surface area (Å²) < 4.78 is 5.43. The molecule has 7 heteroatoms. The second-order valence-corrected chi connectivity index (χ2v) is 8.03. The maximum absolute atomic E-state index is 5.43. The van der Waals surface area contributed by atoms with Crippen molar-refractivity contribution in [2.45, 2.75) is 63.5 Å². The highest BCUT2D eigenvalue weighted by Gasteiger charge is 2.33. The highest BCUT2D eigenvalue weighted by atomic mass is 16.5. The molecule has 138 valence electrons. The Kier molecular flexibility index (Phi) is 4.11. The zero-order valence-corrected chi connectivity index (χ0v) is 15.4. The van der Waals surface area contributed by atoms with Crippen molar-refractivity contribution in [2.75, 3.05) is 25.0 Å². The minimum Gasteiger partial charge on any atom is -0.352 e. The second-order valence-electron chi connectivity index (χ2n) is 8.03. The number of fused-ring (bicyclic) bond motifs is 1. The van der Waals surface area contributed by atoms with Crippen molar-refractivity contribution < 1.29 is 4.52 Å². The van der Waals surface area contributed by atoms with Crippen LogP contribution in [0.5, 0.6) is 0 Å². The second kappa shape index (κ2) is 6.61. The molecule has 1 aliphatic heterocycles. The number of hydrogen-bond donors (Lipinski definition) is 0. The first-order valence-electron chi connectivity index (χ1n) is 9.89. The molecule has 0 radical (unpaired) electrons. The highest BCUT2D eigenvalue weighted by molar-refractivity contribution is 5.45. The number of likely N-dealkylation sites (N-methyl/N-ethyl adjacent to an activating group) is 1. The normalized spacial score (nSPS) is 20.8. The van der Waals surface area contributed by atoms with Gasteiger partial charge in [0.15, 0.2) is 11.6 Å². The first kappa shape index (κ1) is 16.2. The van der Waals surface area contributed by atoms with Crippen LogP contribution in [0.4, 0.5) is 5.82 Å². The predicted octanol–water partition coefficient (Wildman–Crippen LogP) is 2.33. The molecule has 0 spiro atoms. The van der Waals surface area contributed by atoms with E-state index in [2.05, 4.69) is 43.3 Å². The molecule has 7 nitrogen and oxygen atoms in total. The quantitative estimate of drug-likeness (QED) is 0.816. The molecule has 3 aliphatic rings. The molecule has 2 fully saturated rings. The minimum absolute atomic E-state index is 0.499. The van der Waals surface area contributed by atoms with Gasteiger partial charge < -0.3 is 9.42 Å². The molecule has 26 heavy (non-hydrogen) atoms. The van der Waals surface area contributed by atoms with Crippen LogP contribution in [-0.4, -0.2) is 51.4 Å². The van der Waals surface area contributed by atoms with Gasteiger partial charge in [-0.2, -0.15) is 10.1 Å². The van der Waals surface area contributed by atoms with E-state index >= 15 is 0 Å². The van der Waals surface area contributed by atoms with Crippen LogP contribution in [0.3, 0.4) is 0 Å². The Morgan fingerprint density at radius 3 is 2.81 bits per heavy atom. The number of nitrogens with zero attached hydrogens (tertiary/aromatic N) is 6. The van der Waals surface area contributed by atoms with E-state index in [1.165, 1.54) is 43.4 Å². The molecular formula is C19H26N6O. The van der Waals surface area contributed by atoms with E-state index in [0.29, 0.717) is 12.0 Å². The highest BCUT2D eigenvalue weighted by Crippen LogP contribution is 2.35. The summed E-state index contributed by atoms with van der Waals surface area (Å²) in [5, 5.41) is 13.1. The molecule has 2 aromatic heterocycles. The molecule has 0 aromatic carbocycles. The van der Waals surface area contributed by atoms with Crippen molar-refractivity contribution in [3.05, 3.63) is 29.0 Å². The third-order valence-corrected chi connectivity index (χ3v) is 6.20. The fourth-order valence-electron chi connectivity index (χ4n) is 4.06. The van der Waals surface area contributed by atoms with Crippen LogP contribution in [0.1, 0.15) is 61.0 Å². The molecular weight excluding hydrogens is 328 g/mol. The smallest absolute Gasteiger partial charge is 0.229 e. The molecule has 0 atom stereocenters. The van der Waals surface area contributed by atoms with Crippen molar-refractivity contribution in [2.24, 2.45) is 0 Å². The summed E-state index contributed by atoms with van der Waals surface area (Å²) in [6.45, 7) is 2.71. The van der Waals surface area contributed by atoms with E-state index in [1.807, 2.05) is 0 Å². The summed E-state index contributed by atoms with van der Waals surface area (Å²) in [6.07, 6.45) is 8.42. The largest absolute Gasteiger partial charge is 0.352 e. The fourth-order valence-corrected chi connectivity index (χ4v) is 4.06. The maximum Gasteiger partial charge on any atom is 0.229 e. The van der Waals surface area contributed by atoms with Gasteiger partial charge in [-0.1, -0.05) is 11.6 Å².